The molecular weight excluding hydrogens is 480 g/mol. The third-order valence-corrected chi connectivity index (χ3v) is 7.05. The minimum atomic E-state index is -3.66. The Morgan fingerprint density at radius 2 is 1.55 bits per heavy atom. The first kappa shape index (κ1) is 23.4. The molecule has 0 fully saturated rings. The Labute approximate surface area is 180 Å². The number of benzene rings is 2. The molecule has 1 amide bonds. The Hall–Kier alpha value is -1.91. The van der Waals surface area contributed by atoms with Gasteiger partial charge in [0, 0.05) is 10.7 Å². The monoisotopic (exact) mass is 502 g/mol. The van der Waals surface area contributed by atoms with Crippen LogP contribution in [-0.2, 0) is 24.7 Å². The highest BCUT2D eigenvalue weighted by atomic mass is 79.9. The van der Waals surface area contributed by atoms with E-state index < -0.39 is 25.8 Å². The summed E-state index contributed by atoms with van der Waals surface area (Å²) in [6.07, 6.45) is 2.73. The van der Waals surface area contributed by atoms with Gasteiger partial charge in [0.05, 0.1) is 22.9 Å². The summed E-state index contributed by atoms with van der Waals surface area (Å²) in [6.45, 7) is 1.51. The topological polar surface area (TPSA) is 101 Å². The second-order valence-corrected chi connectivity index (χ2v) is 11.5. The Kier molecular flexibility index (Phi) is 7.47. The van der Waals surface area contributed by atoms with E-state index in [2.05, 4.69) is 21.2 Å². The van der Waals surface area contributed by atoms with Gasteiger partial charge < -0.3 is 5.32 Å². The molecule has 0 aromatic heterocycles. The van der Waals surface area contributed by atoms with Gasteiger partial charge in [-0.3, -0.25) is 9.10 Å². The van der Waals surface area contributed by atoms with Crippen LogP contribution < -0.4 is 9.62 Å². The van der Waals surface area contributed by atoms with Crippen LogP contribution in [0.2, 0.25) is 0 Å². The van der Waals surface area contributed by atoms with Crippen molar-refractivity contribution >= 4 is 47.4 Å². The molecule has 0 aliphatic carbocycles. The molecule has 0 radical (unpaired) electrons. The van der Waals surface area contributed by atoms with E-state index in [0.717, 1.165) is 26.9 Å². The number of anilines is 1. The molecule has 10 heteroatoms. The van der Waals surface area contributed by atoms with Gasteiger partial charge in [-0.2, -0.15) is 0 Å². The second-order valence-electron chi connectivity index (χ2n) is 6.62. The summed E-state index contributed by atoms with van der Waals surface area (Å²) in [4.78, 5) is 12.8. The number of rotatable bonds is 8. The average molecular weight is 503 g/mol. The Bertz CT molecular complexity index is 1070. The summed E-state index contributed by atoms with van der Waals surface area (Å²) in [5.41, 5.74) is 1.12. The first-order valence-corrected chi connectivity index (χ1v) is 13.3. The molecule has 0 spiro atoms. The molecule has 2 rings (SSSR count). The average Bonchev–Trinajstić information content (AvgIpc) is 2.63. The van der Waals surface area contributed by atoms with Gasteiger partial charge in [-0.05, 0) is 48.4 Å². The lowest BCUT2D eigenvalue weighted by Gasteiger charge is -2.24. The molecule has 0 aliphatic heterocycles. The van der Waals surface area contributed by atoms with E-state index in [0.29, 0.717) is 12.1 Å². The van der Waals surface area contributed by atoms with Crippen LogP contribution in [0.1, 0.15) is 24.9 Å². The van der Waals surface area contributed by atoms with Gasteiger partial charge in [0.1, 0.15) is 6.54 Å². The van der Waals surface area contributed by atoms with Crippen molar-refractivity contribution < 1.29 is 21.6 Å². The lowest BCUT2D eigenvalue weighted by Crippen LogP contribution is -2.41. The Morgan fingerprint density at radius 1 is 1.00 bits per heavy atom. The zero-order valence-corrected chi connectivity index (χ0v) is 19.5. The minimum absolute atomic E-state index is 0.195. The van der Waals surface area contributed by atoms with Gasteiger partial charge in [-0.25, -0.2) is 16.8 Å². The van der Waals surface area contributed by atoms with Crippen molar-refractivity contribution in [2.45, 2.75) is 24.3 Å². The molecule has 1 atom stereocenters. The van der Waals surface area contributed by atoms with Gasteiger partial charge in [0.15, 0.2) is 9.84 Å². The molecule has 0 aliphatic rings. The minimum Gasteiger partial charge on any atom is -0.348 e. The van der Waals surface area contributed by atoms with E-state index in [-0.39, 0.29) is 17.5 Å². The lowest BCUT2D eigenvalue weighted by molar-refractivity contribution is -0.120. The Balaban J connectivity index is 2.18. The maximum atomic E-state index is 12.6. The van der Waals surface area contributed by atoms with E-state index in [1.54, 1.807) is 36.4 Å². The third-order valence-electron chi connectivity index (χ3n) is 4.26. The van der Waals surface area contributed by atoms with Crippen molar-refractivity contribution in [2.24, 2.45) is 0 Å². The molecule has 0 saturated carbocycles. The summed E-state index contributed by atoms with van der Waals surface area (Å²) in [6, 6.07) is 12.5. The smallest absolute Gasteiger partial charge is 0.241 e. The standard InChI is InChI=1S/C19H23BrN2O5S2/c1-4-18(14-5-11-17(12-6-14)28(2,24)25)21-19(23)13-22(29(3,26)27)16-9-7-15(20)8-10-16/h5-12,18H,4,13H2,1-3H3,(H,21,23). The number of nitrogens with zero attached hydrogens (tertiary/aromatic N) is 1. The molecule has 158 valence electrons. The number of halogens is 1. The van der Waals surface area contributed by atoms with Crippen LogP contribution >= 0.6 is 15.9 Å². The number of nitrogens with one attached hydrogen (secondary N) is 1. The molecule has 0 saturated heterocycles. The van der Waals surface area contributed by atoms with Gasteiger partial charge in [-0.1, -0.05) is 35.0 Å². The number of hydrogen-bond acceptors (Lipinski definition) is 5. The van der Waals surface area contributed by atoms with E-state index in [1.165, 1.54) is 12.1 Å². The van der Waals surface area contributed by atoms with Crippen molar-refractivity contribution in [2.75, 3.05) is 23.4 Å². The molecule has 7 nitrogen and oxygen atoms in total. The molecule has 29 heavy (non-hydrogen) atoms. The number of sulfone groups is 1. The highest BCUT2D eigenvalue weighted by Gasteiger charge is 2.22. The number of sulfonamides is 1. The first-order valence-electron chi connectivity index (χ1n) is 8.74. The predicted octanol–water partition coefficient (Wildman–Crippen LogP) is 2.89. The van der Waals surface area contributed by atoms with Crippen molar-refractivity contribution in [1.82, 2.24) is 5.32 Å². The quantitative estimate of drug-likeness (QED) is 0.597. The van der Waals surface area contributed by atoms with Gasteiger partial charge in [0.2, 0.25) is 15.9 Å². The summed E-state index contributed by atoms with van der Waals surface area (Å²) >= 11 is 3.30. The molecular formula is C19H23BrN2O5S2. The van der Waals surface area contributed by atoms with Crippen LogP contribution in [0.4, 0.5) is 5.69 Å². The van der Waals surface area contributed by atoms with Crippen LogP contribution in [0.3, 0.4) is 0 Å². The maximum absolute atomic E-state index is 12.6. The fourth-order valence-electron chi connectivity index (χ4n) is 2.75. The van der Waals surface area contributed by atoms with Crippen molar-refractivity contribution in [3.63, 3.8) is 0 Å². The highest BCUT2D eigenvalue weighted by Crippen LogP contribution is 2.22. The predicted molar refractivity (Wildman–Crippen MR) is 117 cm³/mol. The van der Waals surface area contributed by atoms with Gasteiger partial charge >= 0.3 is 0 Å². The Morgan fingerprint density at radius 3 is 2.00 bits per heavy atom. The molecule has 1 N–H and O–H groups in total. The summed E-state index contributed by atoms with van der Waals surface area (Å²) in [5.74, 6) is -0.461. The maximum Gasteiger partial charge on any atom is 0.241 e. The molecule has 0 heterocycles. The van der Waals surface area contributed by atoms with E-state index >= 15 is 0 Å². The van der Waals surface area contributed by atoms with E-state index in [1.807, 2.05) is 6.92 Å². The van der Waals surface area contributed by atoms with E-state index in [9.17, 15) is 21.6 Å². The lowest BCUT2D eigenvalue weighted by atomic mass is 10.0. The normalized spacial score (nSPS) is 13.0. The van der Waals surface area contributed by atoms with Gasteiger partial charge in [-0.15, -0.1) is 0 Å². The third kappa shape index (κ3) is 6.55. The second kappa shape index (κ2) is 9.27. The SMILES string of the molecule is CCC(NC(=O)CN(c1ccc(Br)cc1)S(C)(=O)=O)c1ccc(S(C)(=O)=O)cc1. The van der Waals surface area contributed by atoms with Crippen LogP contribution in [0.5, 0.6) is 0 Å². The summed E-state index contributed by atoms with van der Waals surface area (Å²) < 4.78 is 49.4. The summed E-state index contributed by atoms with van der Waals surface area (Å²) in [7, 11) is -6.97. The number of carbonyl (C=O) groups excluding carboxylic acids is 1. The number of amides is 1. The molecule has 2 aromatic carbocycles. The fourth-order valence-corrected chi connectivity index (χ4v) is 4.50. The zero-order chi connectivity index (χ0) is 21.8. The van der Waals surface area contributed by atoms with Crippen LogP contribution in [0, 0.1) is 0 Å². The number of carbonyl (C=O) groups is 1. The van der Waals surface area contributed by atoms with Crippen LogP contribution in [0.25, 0.3) is 0 Å². The zero-order valence-electron chi connectivity index (χ0n) is 16.3. The van der Waals surface area contributed by atoms with Crippen molar-refractivity contribution in [1.29, 1.82) is 0 Å². The molecule has 2 aromatic rings. The number of hydrogen-bond donors (Lipinski definition) is 1. The molecule has 1 unspecified atom stereocenters. The summed E-state index contributed by atoms with van der Waals surface area (Å²) in [5, 5.41) is 2.82. The first-order chi connectivity index (χ1) is 13.4. The fraction of sp³-hybridized carbons (Fsp3) is 0.316. The largest absolute Gasteiger partial charge is 0.348 e. The van der Waals surface area contributed by atoms with Crippen LogP contribution in [-0.4, -0.2) is 41.8 Å². The van der Waals surface area contributed by atoms with E-state index in [4.69, 9.17) is 0 Å². The van der Waals surface area contributed by atoms with Gasteiger partial charge in [0.25, 0.3) is 0 Å². The highest BCUT2D eigenvalue weighted by molar-refractivity contribution is 9.10. The van der Waals surface area contributed by atoms with Crippen LogP contribution in [0.15, 0.2) is 57.9 Å². The molecule has 0 bridgehead atoms. The van der Waals surface area contributed by atoms with Crippen molar-refractivity contribution in [3.8, 4) is 0 Å². The van der Waals surface area contributed by atoms with Crippen molar-refractivity contribution in [3.05, 3.63) is 58.6 Å².